The Morgan fingerprint density at radius 1 is 1.12 bits per heavy atom. The van der Waals surface area contributed by atoms with Gasteiger partial charge in [-0.15, -0.1) is 0 Å². The number of ether oxygens (including phenoxy) is 2. The predicted octanol–water partition coefficient (Wildman–Crippen LogP) is 3.41. The summed E-state index contributed by atoms with van der Waals surface area (Å²) in [6, 6.07) is 14.5. The van der Waals surface area contributed by atoms with E-state index in [2.05, 4.69) is 10.2 Å². The van der Waals surface area contributed by atoms with Crippen molar-refractivity contribution in [3.63, 3.8) is 0 Å². The molecule has 2 amide bonds. The Labute approximate surface area is 195 Å². The lowest BCUT2D eigenvalue weighted by Crippen LogP contribution is -2.48. The summed E-state index contributed by atoms with van der Waals surface area (Å²) in [6.45, 7) is 9.44. The Hall–Kier alpha value is -2.90. The summed E-state index contributed by atoms with van der Waals surface area (Å²) in [5.74, 6) is 0.567. The molecule has 4 rings (SSSR count). The van der Waals surface area contributed by atoms with Crippen LogP contribution in [0.25, 0.3) is 0 Å². The van der Waals surface area contributed by atoms with E-state index in [1.807, 2.05) is 62.4 Å². The van der Waals surface area contributed by atoms with Crippen LogP contribution in [0.4, 0.5) is 5.69 Å². The van der Waals surface area contributed by atoms with Gasteiger partial charge >= 0.3 is 0 Å². The van der Waals surface area contributed by atoms with Crippen molar-refractivity contribution in [1.82, 2.24) is 9.80 Å². The number of carbonyl (C=O) groups excluding carboxylic acids is 2. The summed E-state index contributed by atoms with van der Waals surface area (Å²) in [7, 11) is 0. The highest BCUT2D eigenvalue weighted by Crippen LogP contribution is 2.29. The van der Waals surface area contributed by atoms with Gasteiger partial charge in [0.25, 0.3) is 5.91 Å². The lowest BCUT2D eigenvalue weighted by molar-refractivity contribution is -0.122. The summed E-state index contributed by atoms with van der Waals surface area (Å²) in [5, 5.41) is 3.01. The lowest BCUT2D eigenvalue weighted by atomic mass is 9.96. The van der Waals surface area contributed by atoms with Gasteiger partial charge in [0, 0.05) is 37.4 Å². The fourth-order valence-electron chi connectivity index (χ4n) is 4.40. The van der Waals surface area contributed by atoms with Crippen LogP contribution in [-0.4, -0.2) is 67.1 Å². The molecule has 7 heteroatoms. The van der Waals surface area contributed by atoms with Crippen molar-refractivity contribution in [1.29, 1.82) is 0 Å². The minimum absolute atomic E-state index is 0.0334. The average molecular weight is 452 g/mol. The largest absolute Gasteiger partial charge is 0.492 e. The number of morpholine rings is 1. The molecule has 2 aromatic carbocycles. The second kappa shape index (κ2) is 10.8. The van der Waals surface area contributed by atoms with Crippen LogP contribution in [0.5, 0.6) is 5.75 Å². The van der Waals surface area contributed by atoms with Crippen LogP contribution in [0, 0.1) is 5.92 Å². The van der Waals surface area contributed by atoms with Gasteiger partial charge in [0.15, 0.2) is 0 Å². The van der Waals surface area contributed by atoms with Crippen LogP contribution in [-0.2, 0) is 16.1 Å². The van der Waals surface area contributed by atoms with E-state index in [0.717, 1.165) is 50.6 Å². The van der Waals surface area contributed by atoms with E-state index in [1.54, 1.807) is 4.90 Å². The van der Waals surface area contributed by atoms with E-state index in [-0.39, 0.29) is 17.7 Å². The minimum atomic E-state index is -0.528. The molecule has 2 aliphatic heterocycles. The molecule has 0 aliphatic carbocycles. The van der Waals surface area contributed by atoms with Crippen molar-refractivity contribution < 1.29 is 19.1 Å². The molecule has 0 spiro atoms. The second-order valence-electron chi connectivity index (χ2n) is 8.74. The zero-order valence-electron chi connectivity index (χ0n) is 19.5. The van der Waals surface area contributed by atoms with Crippen LogP contribution in [0.1, 0.15) is 36.2 Å². The first kappa shape index (κ1) is 23.3. The molecule has 0 aromatic heterocycles. The van der Waals surface area contributed by atoms with Gasteiger partial charge in [-0.3, -0.25) is 14.5 Å². The van der Waals surface area contributed by atoms with Crippen molar-refractivity contribution in [2.24, 2.45) is 5.92 Å². The number of carbonyl (C=O) groups is 2. The van der Waals surface area contributed by atoms with Gasteiger partial charge in [0.1, 0.15) is 18.4 Å². The number of amides is 2. The number of rotatable bonds is 9. The molecule has 0 saturated carbocycles. The van der Waals surface area contributed by atoms with Crippen molar-refractivity contribution in [3.8, 4) is 5.75 Å². The molecule has 2 atom stereocenters. The summed E-state index contributed by atoms with van der Waals surface area (Å²) in [4.78, 5) is 30.3. The van der Waals surface area contributed by atoms with Gasteiger partial charge in [0.2, 0.25) is 5.91 Å². The van der Waals surface area contributed by atoms with Gasteiger partial charge < -0.3 is 19.7 Å². The molecule has 1 saturated heterocycles. The molecule has 0 radical (unpaired) electrons. The lowest BCUT2D eigenvalue weighted by Gasteiger charge is -2.31. The Morgan fingerprint density at radius 3 is 2.55 bits per heavy atom. The number of nitrogens with zero attached hydrogens (tertiary/aromatic N) is 2. The average Bonchev–Trinajstić information content (AvgIpc) is 3.17. The SMILES string of the molecule is CC[C@H](C)[C@H](C(=O)Nc1ccc(OCCN2CCOCC2)cc1)N1Cc2ccccc2C1=O. The van der Waals surface area contributed by atoms with Crippen molar-refractivity contribution in [2.45, 2.75) is 32.9 Å². The Kier molecular flexibility index (Phi) is 7.62. The highest BCUT2D eigenvalue weighted by Gasteiger charge is 2.38. The van der Waals surface area contributed by atoms with E-state index in [9.17, 15) is 9.59 Å². The van der Waals surface area contributed by atoms with Gasteiger partial charge in [-0.2, -0.15) is 0 Å². The quantitative estimate of drug-likeness (QED) is 0.633. The summed E-state index contributed by atoms with van der Waals surface area (Å²) in [6.07, 6.45) is 0.800. The van der Waals surface area contributed by atoms with E-state index < -0.39 is 6.04 Å². The third kappa shape index (κ3) is 5.54. The second-order valence-corrected chi connectivity index (χ2v) is 8.74. The van der Waals surface area contributed by atoms with Crippen molar-refractivity contribution in [3.05, 3.63) is 59.7 Å². The molecular formula is C26H33N3O4. The topological polar surface area (TPSA) is 71.1 Å². The first-order chi connectivity index (χ1) is 16.1. The van der Waals surface area contributed by atoms with Gasteiger partial charge in [-0.25, -0.2) is 0 Å². The van der Waals surface area contributed by atoms with Crippen LogP contribution >= 0.6 is 0 Å². The summed E-state index contributed by atoms with van der Waals surface area (Å²) >= 11 is 0. The monoisotopic (exact) mass is 451 g/mol. The van der Waals surface area contributed by atoms with Crippen molar-refractivity contribution in [2.75, 3.05) is 44.8 Å². The molecular weight excluding hydrogens is 418 g/mol. The Morgan fingerprint density at radius 2 is 1.85 bits per heavy atom. The molecule has 2 heterocycles. The highest BCUT2D eigenvalue weighted by molar-refractivity contribution is 6.03. The van der Waals surface area contributed by atoms with E-state index in [0.29, 0.717) is 24.4 Å². The third-order valence-corrected chi connectivity index (χ3v) is 6.54. The number of anilines is 1. The molecule has 33 heavy (non-hydrogen) atoms. The Balaban J connectivity index is 1.35. The predicted molar refractivity (Wildman–Crippen MR) is 127 cm³/mol. The Bertz CT molecular complexity index is 956. The molecule has 0 unspecified atom stereocenters. The third-order valence-electron chi connectivity index (χ3n) is 6.54. The molecule has 2 aliphatic rings. The molecule has 7 nitrogen and oxygen atoms in total. The fourth-order valence-corrected chi connectivity index (χ4v) is 4.40. The van der Waals surface area contributed by atoms with Crippen molar-refractivity contribution >= 4 is 17.5 Å². The van der Waals surface area contributed by atoms with Gasteiger partial charge in [0.05, 0.1) is 13.2 Å². The zero-order chi connectivity index (χ0) is 23.2. The van der Waals surface area contributed by atoms with E-state index in [1.165, 1.54) is 0 Å². The zero-order valence-corrected chi connectivity index (χ0v) is 19.5. The van der Waals surface area contributed by atoms with Crippen LogP contribution in [0.15, 0.2) is 48.5 Å². The highest BCUT2D eigenvalue weighted by atomic mass is 16.5. The number of nitrogens with one attached hydrogen (secondary N) is 1. The first-order valence-electron chi connectivity index (χ1n) is 11.8. The number of fused-ring (bicyclic) bond motifs is 1. The molecule has 1 N–H and O–H groups in total. The van der Waals surface area contributed by atoms with Crippen LogP contribution in [0.2, 0.25) is 0 Å². The molecule has 1 fully saturated rings. The minimum Gasteiger partial charge on any atom is -0.492 e. The number of hydrogen-bond donors (Lipinski definition) is 1. The van der Waals surface area contributed by atoms with Gasteiger partial charge in [-0.1, -0.05) is 38.5 Å². The standard InChI is InChI=1S/C26H33N3O4/c1-3-19(2)24(29-18-20-6-4-5-7-23(20)26(29)31)25(30)27-21-8-10-22(11-9-21)33-17-14-28-12-15-32-16-13-28/h4-11,19,24H,3,12-18H2,1-2H3,(H,27,30)/t19-,24+/m0/s1. The maximum absolute atomic E-state index is 13.3. The number of benzene rings is 2. The molecule has 0 bridgehead atoms. The van der Waals surface area contributed by atoms with Crippen LogP contribution < -0.4 is 10.1 Å². The van der Waals surface area contributed by atoms with E-state index >= 15 is 0 Å². The first-order valence-corrected chi connectivity index (χ1v) is 11.8. The van der Waals surface area contributed by atoms with Crippen LogP contribution in [0.3, 0.4) is 0 Å². The van der Waals surface area contributed by atoms with E-state index in [4.69, 9.17) is 9.47 Å². The molecule has 2 aromatic rings. The maximum Gasteiger partial charge on any atom is 0.255 e. The smallest absolute Gasteiger partial charge is 0.255 e. The number of hydrogen-bond acceptors (Lipinski definition) is 5. The normalized spacial score (nSPS) is 18.0. The summed E-state index contributed by atoms with van der Waals surface area (Å²) < 4.78 is 11.2. The van der Waals surface area contributed by atoms with Gasteiger partial charge in [-0.05, 0) is 41.8 Å². The fraction of sp³-hybridized carbons (Fsp3) is 0.462. The maximum atomic E-state index is 13.3. The summed E-state index contributed by atoms with van der Waals surface area (Å²) in [5.41, 5.74) is 2.36. The molecule has 176 valence electrons.